The Labute approximate surface area is 126 Å². The first-order chi connectivity index (χ1) is 9.74. The van der Waals surface area contributed by atoms with Crippen molar-refractivity contribution >= 4 is 26.7 Å². The van der Waals surface area contributed by atoms with Crippen LogP contribution in [0.5, 0.6) is 0 Å². The molecule has 3 aromatic rings. The number of hydrogen-bond acceptors (Lipinski definition) is 2. The van der Waals surface area contributed by atoms with Crippen molar-refractivity contribution < 1.29 is 0 Å². The predicted octanol–water partition coefficient (Wildman–Crippen LogP) is 4.24. The Kier molecular flexibility index (Phi) is 3.81. The number of halogens is 1. The summed E-state index contributed by atoms with van der Waals surface area (Å²) < 4.78 is 0.971. The summed E-state index contributed by atoms with van der Waals surface area (Å²) in [5, 5.41) is 2.52. The number of rotatable bonds is 3. The minimum atomic E-state index is -0.0890. The first kappa shape index (κ1) is 13.3. The van der Waals surface area contributed by atoms with Crippen LogP contribution in [-0.4, -0.2) is 4.98 Å². The van der Waals surface area contributed by atoms with Crippen molar-refractivity contribution in [1.29, 1.82) is 0 Å². The van der Waals surface area contributed by atoms with E-state index in [9.17, 15) is 0 Å². The van der Waals surface area contributed by atoms with Gasteiger partial charge in [-0.3, -0.25) is 4.98 Å². The minimum absolute atomic E-state index is 0.0890. The van der Waals surface area contributed by atoms with Gasteiger partial charge in [0.25, 0.3) is 0 Å². The second-order valence-electron chi connectivity index (χ2n) is 4.85. The standard InChI is InChI=1S/C17H15BrN2/c18-14-8-9-17(20-11-14)16(19)10-13-6-3-5-12-4-1-2-7-15(12)13/h1-9,11,16H,10,19H2. The molecule has 0 radical (unpaired) electrons. The van der Waals surface area contributed by atoms with E-state index in [1.54, 1.807) is 6.20 Å². The molecule has 0 aliphatic carbocycles. The van der Waals surface area contributed by atoms with Gasteiger partial charge in [0, 0.05) is 10.7 Å². The number of hydrogen-bond donors (Lipinski definition) is 1. The lowest BCUT2D eigenvalue weighted by Crippen LogP contribution is -2.14. The van der Waals surface area contributed by atoms with E-state index in [1.165, 1.54) is 16.3 Å². The SMILES string of the molecule is NC(Cc1cccc2ccccc12)c1ccc(Br)cn1. The van der Waals surface area contributed by atoms with Crippen molar-refractivity contribution in [3.63, 3.8) is 0 Å². The summed E-state index contributed by atoms with van der Waals surface area (Å²) in [6.45, 7) is 0. The molecule has 0 aliphatic heterocycles. The summed E-state index contributed by atoms with van der Waals surface area (Å²) in [5.41, 5.74) is 8.47. The summed E-state index contributed by atoms with van der Waals surface area (Å²) in [6, 6.07) is 18.6. The molecule has 2 nitrogen and oxygen atoms in total. The third-order valence-electron chi connectivity index (χ3n) is 3.45. The van der Waals surface area contributed by atoms with E-state index >= 15 is 0 Å². The maximum atomic E-state index is 6.29. The van der Waals surface area contributed by atoms with Gasteiger partial charge in [0.1, 0.15) is 0 Å². The molecular formula is C17H15BrN2. The molecule has 0 aliphatic rings. The van der Waals surface area contributed by atoms with E-state index in [1.807, 2.05) is 12.1 Å². The second-order valence-corrected chi connectivity index (χ2v) is 5.77. The van der Waals surface area contributed by atoms with Crippen LogP contribution in [0.3, 0.4) is 0 Å². The molecule has 0 spiro atoms. The Hall–Kier alpha value is -1.71. The second kappa shape index (κ2) is 5.73. The fourth-order valence-corrected chi connectivity index (χ4v) is 2.65. The molecule has 3 rings (SSSR count). The largest absolute Gasteiger partial charge is 0.322 e. The fraction of sp³-hybridized carbons (Fsp3) is 0.118. The molecule has 20 heavy (non-hydrogen) atoms. The third kappa shape index (κ3) is 2.74. The third-order valence-corrected chi connectivity index (χ3v) is 3.92. The van der Waals surface area contributed by atoms with Crippen molar-refractivity contribution in [3.05, 3.63) is 76.5 Å². The van der Waals surface area contributed by atoms with Crippen molar-refractivity contribution in [2.45, 2.75) is 12.5 Å². The topological polar surface area (TPSA) is 38.9 Å². The Morgan fingerprint density at radius 3 is 2.60 bits per heavy atom. The summed E-state index contributed by atoms with van der Waals surface area (Å²) in [6.07, 6.45) is 2.58. The van der Waals surface area contributed by atoms with E-state index in [-0.39, 0.29) is 6.04 Å². The van der Waals surface area contributed by atoms with Crippen LogP contribution in [0.25, 0.3) is 10.8 Å². The maximum Gasteiger partial charge on any atom is 0.0575 e. The molecule has 0 bridgehead atoms. The van der Waals surface area contributed by atoms with Crippen molar-refractivity contribution in [3.8, 4) is 0 Å². The Morgan fingerprint density at radius 1 is 1.00 bits per heavy atom. The zero-order valence-electron chi connectivity index (χ0n) is 11.0. The van der Waals surface area contributed by atoms with Crippen LogP contribution in [0.2, 0.25) is 0 Å². The van der Waals surface area contributed by atoms with Gasteiger partial charge < -0.3 is 5.73 Å². The molecule has 0 saturated carbocycles. The predicted molar refractivity (Wildman–Crippen MR) is 86.5 cm³/mol. The lowest BCUT2D eigenvalue weighted by atomic mass is 9.97. The number of nitrogens with zero attached hydrogens (tertiary/aromatic N) is 1. The molecular weight excluding hydrogens is 312 g/mol. The lowest BCUT2D eigenvalue weighted by Gasteiger charge is -2.13. The molecule has 0 amide bonds. The van der Waals surface area contributed by atoms with Gasteiger partial charge in [-0.1, -0.05) is 42.5 Å². The van der Waals surface area contributed by atoms with Gasteiger partial charge in [0.05, 0.1) is 11.7 Å². The molecule has 1 aromatic heterocycles. The Bertz CT molecular complexity index is 717. The van der Waals surface area contributed by atoms with Crippen LogP contribution in [0.4, 0.5) is 0 Å². The summed E-state index contributed by atoms with van der Waals surface area (Å²) in [5.74, 6) is 0. The van der Waals surface area contributed by atoms with Crippen molar-refractivity contribution in [2.75, 3.05) is 0 Å². The van der Waals surface area contributed by atoms with Crippen LogP contribution in [0.1, 0.15) is 17.3 Å². The normalized spacial score (nSPS) is 12.5. The van der Waals surface area contributed by atoms with E-state index < -0.39 is 0 Å². The van der Waals surface area contributed by atoms with Crippen molar-refractivity contribution in [1.82, 2.24) is 4.98 Å². The Balaban J connectivity index is 1.91. The average Bonchev–Trinajstić information content (AvgIpc) is 2.48. The minimum Gasteiger partial charge on any atom is -0.322 e. The highest BCUT2D eigenvalue weighted by atomic mass is 79.9. The molecule has 2 N–H and O–H groups in total. The first-order valence-electron chi connectivity index (χ1n) is 6.58. The summed E-state index contributed by atoms with van der Waals surface area (Å²) >= 11 is 3.39. The van der Waals surface area contributed by atoms with Gasteiger partial charge in [-0.05, 0) is 50.8 Å². The summed E-state index contributed by atoms with van der Waals surface area (Å²) in [7, 11) is 0. The molecule has 0 saturated heterocycles. The molecule has 100 valence electrons. The zero-order chi connectivity index (χ0) is 13.9. The van der Waals surface area contributed by atoms with E-state index in [0.29, 0.717) is 0 Å². The van der Waals surface area contributed by atoms with Gasteiger partial charge in [-0.15, -0.1) is 0 Å². The van der Waals surface area contributed by atoms with E-state index in [2.05, 4.69) is 63.4 Å². The van der Waals surface area contributed by atoms with Crippen LogP contribution >= 0.6 is 15.9 Å². The summed E-state index contributed by atoms with van der Waals surface area (Å²) in [4.78, 5) is 4.38. The smallest absolute Gasteiger partial charge is 0.0575 e. The quantitative estimate of drug-likeness (QED) is 0.781. The number of pyridine rings is 1. The van der Waals surface area contributed by atoms with Crippen LogP contribution < -0.4 is 5.73 Å². The number of aromatic nitrogens is 1. The monoisotopic (exact) mass is 326 g/mol. The zero-order valence-corrected chi connectivity index (χ0v) is 12.5. The van der Waals surface area contributed by atoms with Crippen molar-refractivity contribution in [2.24, 2.45) is 5.73 Å². The number of nitrogens with two attached hydrogens (primary N) is 1. The van der Waals surface area contributed by atoms with Crippen LogP contribution in [-0.2, 0) is 6.42 Å². The maximum absolute atomic E-state index is 6.29. The molecule has 2 aromatic carbocycles. The first-order valence-corrected chi connectivity index (χ1v) is 7.37. The van der Waals surface area contributed by atoms with Gasteiger partial charge in [-0.25, -0.2) is 0 Å². The van der Waals surface area contributed by atoms with Gasteiger partial charge in [0.2, 0.25) is 0 Å². The van der Waals surface area contributed by atoms with Gasteiger partial charge in [-0.2, -0.15) is 0 Å². The van der Waals surface area contributed by atoms with Crippen LogP contribution in [0, 0.1) is 0 Å². The highest BCUT2D eigenvalue weighted by Crippen LogP contribution is 2.23. The number of fused-ring (bicyclic) bond motifs is 1. The van der Waals surface area contributed by atoms with E-state index in [4.69, 9.17) is 5.73 Å². The molecule has 1 unspecified atom stereocenters. The molecule has 3 heteroatoms. The molecule has 0 fully saturated rings. The van der Waals surface area contributed by atoms with Crippen LogP contribution in [0.15, 0.2) is 65.3 Å². The van der Waals surface area contributed by atoms with E-state index in [0.717, 1.165) is 16.6 Å². The Morgan fingerprint density at radius 2 is 1.80 bits per heavy atom. The highest BCUT2D eigenvalue weighted by Gasteiger charge is 2.10. The lowest BCUT2D eigenvalue weighted by molar-refractivity contribution is 0.699. The molecule has 1 atom stereocenters. The van der Waals surface area contributed by atoms with Gasteiger partial charge in [0.15, 0.2) is 0 Å². The fourth-order valence-electron chi connectivity index (χ4n) is 2.42. The molecule has 1 heterocycles. The highest BCUT2D eigenvalue weighted by molar-refractivity contribution is 9.10. The van der Waals surface area contributed by atoms with Gasteiger partial charge >= 0.3 is 0 Å². The average molecular weight is 327 g/mol. The number of benzene rings is 2.